The summed E-state index contributed by atoms with van der Waals surface area (Å²) in [6, 6.07) is 7.65. The summed E-state index contributed by atoms with van der Waals surface area (Å²) in [5.74, 6) is -0.673. The van der Waals surface area contributed by atoms with E-state index < -0.39 is 24.1 Å². The molecule has 9 nitrogen and oxygen atoms in total. The smallest absolute Gasteiger partial charge is 0.414 e. The fraction of sp³-hybridized carbons (Fsp3) is 0.286. The summed E-state index contributed by atoms with van der Waals surface area (Å²) in [6.45, 7) is 2.01. The molecule has 3 heterocycles. The summed E-state index contributed by atoms with van der Waals surface area (Å²) >= 11 is 0. The highest BCUT2D eigenvalue weighted by atomic mass is 19.1. The molecule has 0 radical (unpaired) electrons. The lowest BCUT2D eigenvalue weighted by atomic mass is 10.0. The SMILES string of the molecule is CC(=O)CC(O)c1ccc(-c2ccc(N3C[C@H](Cn4ccnn4)OC3=O)cc2F)cn1. The number of aromatic nitrogens is 4. The number of carbonyl (C=O) groups is 2. The molecular weight excluding hydrogens is 405 g/mol. The number of ether oxygens (including phenoxy) is 1. The maximum atomic E-state index is 14.8. The van der Waals surface area contributed by atoms with Crippen molar-refractivity contribution in [1.82, 2.24) is 20.0 Å². The molecule has 0 spiro atoms. The van der Waals surface area contributed by atoms with Gasteiger partial charge in [-0.25, -0.2) is 13.9 Å². The summed E-state index contributed by atoms with van der Waals surface area (Å²) in [5.41, 5.74) is 1.54. The van der Waals surface area contributed by atoms with Crippen molar-refractivity contribution in [2.75, 3.05) is 11.4 Å². The zero-order chi connectivity index (χ0) is 22.0. The average Bonchev–Trinajstić information content (AvgIpc) is 3.37. The van der Waals surface area contributed by atoms with Gasteiger partial charge >= 0.3 is 6.09 Å². The van der Waals surface area contributed by atoms with Crippen molar-refractivity contribution >= 4 is 17.6 Å². The molecule has 0 aliphatic carbocycles. The van der Waals surface area contributed by atoms with Crippen molar-refractivity contribution in [2.45, 2.75) is 32.1 Å². The molecule has 1 aliphatic rings. The Morgan fingerprint density at radius 3 is 2.84 bits per heavy atom. The van der Waals surface area contributed by atoms with Crippen molar-refractivity contribution < 1.29 is 23.8 Å². The first-order chi connectivity index (χ1) is 14.9. The standard InChI is InChI=1S/C21H20FN5O4/c1-13(28)8-20(29)19-5-2-14(10-23-19)17-4-3-15(9-18(17)22)27-12-16(31-21(27)30)11-26-7-6-24-25-26/h2-7,9-10,16,20,29H,8,11-12H2,1H3/t16-,20?/m0/s1. The predicted molar refractivity (Wildman–Crippen MR) is 108 cm³/mol. The number of amides is 1. The molecule has 1 amide bonds. The van der Waals surface area contributed by atoms with Crippen LogP contribution >= 0.6 is 0 Å². The molecule has 2 atom stereocenters. The van der Waals surface area contributed by atoms with Gasteiger partial charge in [0.25, 0.3) is 0 Å². The average molecular weight is 425 g/mol. The van der Waals surface area contributed by atoms with Crippen molar-refractivity contribution in [2.24, 2.45) is 0 Å². The van der Waals surface area contributed by atoms with Crippen molar-refractivity contribution in [3.63, 3.8) is 0 Å². The van der Waals surface area contributed by atoms with Gasteiger partial charge in [-0.15, -0.1) is 5.10 Å². The highest BCUT2D eigenvalue weighted by Gasteiger charge is 2.33. The molecule has 1 saturated heterocycles. The lowest BCUT2D eigenvalue weighted by Gasteiger charge is -2.15. The molecule has 1 aromatic carbocycles. The van der Waals surface area contributed by atoms with Crippen molar-refractivity contribution in [1.29, 1.82) is 0 Å². The van der Waals surface area contributed by atoms with E-state index in [-0.39, 0.29) is 18.7 Å². The van der Waals surface area contributed by atoms with Crippen LogP contribution in [0.3, 0.4) is 0 Å². The normalized spacial score (nSPS) is 16.9. The molecule has 0 saturated carbocycles. The van der Waals surface area contributed by atoms with Gasteiger partial charge in [0.05, 0.1) is 30.7 Å². The van der Waals surface area contributed by atoms with Gasteiger partial charge in [-0.3, -0.25) is 14.7 Å². The summed E-state index contributed by atoms with van der Waals surface area (Å²) in [6.07, 6.45) is 2.65. The van der Waals surface area contributed by atoms with Crippen LogP contribution in [0.2, 0.25) is 0 Å². The highest BCUT2D eigenvalue weighted by Crippen LogP contribution is 2.29. The summed E-state index contributed by atoms with van der Waals surface area (Å²) in [7, 11) is 0. The van der Waals surface area contributed by atoms with E-state index in [1.54, 1.807) is 35.1 Å². The van der Waals surface area contributed by atoms with Crippen LogP contribution in [0, 0.1) is 5.82 Å². The van der Waals surface area contributed by atoms with Gasteiger partial charge in [-0.2, -0.15) is 0 Å². The minimum atomic E-state index is -0.995. The van der Waals surface area contributed by atoms with Gasteiger partial charge in [0.1, 0.15) is 23.8 Å². The number of rotatable bonds is 7. The second-order valence-corrected chi connectivity index (χ2v) is 7.30. The van der Waals surface area contributed by atoms with E-state index in [0.717, 1.165) is 0 Å². The van der Waals surface area contributed by atoms with Gasteiger partial charge in [-0.05, 0) is 31.2 Å². The maximum Gasteiger partial charge on any atom is 0.414 e. The van der Waals surface area contributed by atoms with E-state index in [0.29, 0.717) is 29.1 Å². The number of anilines is 1. The Kier molecular flexibility index (Phi) is 5.72. The molecule has 2 aromatic heterocycles. The Morgan fingerprint density at radius 2 is 2.19 bits per heavy atom. The molecule has 0 bridgehead atoms. The lowest BCUT2D eigenvalue weighted by molar-refractivity contribution is -0.118. The monoisotopic (exact) mass is 425 g/mol. The molecule has 1 N–H and O–H groups in total. The van der Waals surface area contributed by atoms with Crippen LogP contribution in [0.15, 0.2) is 48.9 Å². The molecule has 160 valence electrons. The molecule has 1 fully saturated rings. The number of hydrogen-bond donors (Lipinski definition) is 1. The molecule has 4 rings (SSSR count). The zero-order valence-electron chi connectivity index (χ0n) is 16.7. The van der Waals surface area contributed by atoms with Gasteiger partial charge in [0.15, 0.2) is 0 Å². The van der Waals surface area contributed by atoms with Crippen LogP contribution in [0.25, 0.3) is 11.1 Å². The number of cyclic esters (lactones) is 1. The van der Waals surface area contributed by atoms with E-state index >= 15 is 0 Å². The van der Waals surface area contributed by atoms with Crippen molar-refractivity contribution in [3.8, 4) is 11.1 Å². The quantitative estimate of drug-likeness (QED) is 0.619. The zero-order valence-corrected chi connectivity index (χ0v) is 16.7. The first kappa shape index (κ1) is 20.6. The minimum Gasteiger partial charge on any atom is -0.442 e. The van der Waals surface area contributed by atoms with Gasteiger partial charge in [-0.1, -0.05) is 11.3 Å². The Labute approximate surface area is 177 Å². The second kappa shape index (κ2) is 8.60. The Balaban J connectivity index is 1.48. The molecule has 1 unspecified atom stereocenters. The Morgan fingerprint density at radius 1 is 1.35 bits per heavy atom. The first-order valence-corrected chi connectivity index (χ1v) is 9.66. The van der Waals surface area contributed by atoms with E-state index in [9.17, 15) is 19.1 Å². The fourth-order valence-electron chi connectivity index (χ4n) is 3.41. The van der Waals surface area contributed by atoms with Gasteiger partial charge in [0, 0.05) is 29.9 Å². The number of benzene rings is 1. The van der Waals surface area contributed by atoms with E-state index in [4.69, 9.17) is 4.74 Å². The second-order valence-electron chi connectivity index (χ2n) is 7.30. The number of halogens is 1. The number of pyridine rings is 1. The first-order valence-electron chi connectivity index (χ1n) is 9.66. The third kappa shape index (κ3) is 4.58. The van der Waals surface area contributed by atoms with Crippen LogP contribution in [0.5, 0.6) is 0 Å². The van der Waals surface area contributed by atoms with E-state index in [1.807, 2.05) is 0 Å². The van der Waals surface area contributed by atoms with E-state index in [1.165, 1.54) is 30.3 Å². The van der Waals surface area contributed by atoms with Crippen LogP contribution in [0.4, 0.5) is 14.9 Å². The van der Waals surface area contributed by atoms with Crippen LogP contribution in [-0.2, 0) is 16.1 Å². The van der Waals surface area contributed by atoms with Crippen LogP contribution in [-0.4, -0.2) is 49.6 Å². The summed E-state index contributed by atoms with van der Waals surface area (Å²) in [4.78, 5) is 28.9. The molecule has 10 heteroatoms. The predicted octanol–water partition coefficient (Wildman–Crippen LogP) is 2.52. The minimum absolute atomic E-state index is 0.0285. The van der Waals surface area contributed by atoms with Crippen LogP contribution < -0.4 is 4.90 Å². The number of carbonyl (C=O) groups excluding carboxylic acids is 2. The summed E-state index contributed by atoms with van der Waals surface area (Å²) in [5, 5.41) is 17.5. The number of hydrogen-bond acceptors (Lipinski definition) is 7. The Hall–Kier alpha value is -3.66. The number of aliphatic hydroxyl groups is 1. The van der Waals surface area contributed by atoms with Gasteiger partial charge < -0.3 is 9.84 Å². The topological polar surface area (TPSA) is 110 Å². The third-order valence-corrected chi connectivity index (χ3v) is 4.92. The maximum absolute atomic E-state index is 14.8. The van der Waals surface area contributed by atoms with Crippen molar-refractivity contribution in [3.05, 3.63) is 60.4 Å². The lowest BCUT2D eigenvalue weighted by Crippen LogP contribution is -2.26. The highest BCUT2D eigenvalue weighted by molar-refractivity contribution is 5.90. The number of aliphatic hydroxyl groups excluding tert-OH is 1. The molecule has 3 aromatic rings. The van der Waals surface area contributed by atoms with Crippen LogP contribution in [0.1, 0.15) is 25.1 Å². The third-order valence-electron chi connectivity index (χ3n) is 4.92. The molecule has 31 heavy (non-hydrogen) atoms. The van der Waals surface area contributed by atoms with Gasteiger partial charge in [0.2, 0.25) is 0 Å². The number of Topliss-reactive ketones (excluding diaryl/α,β-unsaturated/α-hetero) is 1. The number of nitrogens with zero attached hydrogens (tertiary/aromatic N) is 5. The Bertz CT molecular complexity index is 1090. The largest absolute Gasteiger partial charge is 0.442 e. The molecule has 1 aliphatic heterocycles. The van der Waals surface area contributed by atoms with E-state index in [2.05, 4.69) is 15.3 Å². The fourth-order valence-corrected chi connectivity index (χ4v) is 3.41. The summed E-state index contributed by atoms with van der Waals surface area (Å²) < 4.78 is 21.7. The molecular formula is C21H20FN5O4. The number of ketones is 1.